The Morgan fingerprint density at radius 2 is 2.11 bits per heavy atom. The number of hydrogen-bond acceptors (Lipinski definition) is 6. The molecule has 3 rings (SSSR count). The highest BCUT2D eigenvalue weighted by molar-refractivity contribution is 7.91. The standard InChI is InChI=1S/C17H18FN3O5S/c1-4-21-17(23)11(8-19-21)15(22)10-7-12(18)16-14(9(10)2)13(20-26-3)5-6-27(16,24)25/h7-8,19H,4-6H2,1-3H3/b20-13+. The number of sulfone groups is 1. The van der Waals surface area contributed by atoms with Crippen molar-refractivity contribution < 1.29 is 22.4 Å². The van der Waals surface area contributed by atoms with Gasteiger partial charge in [0.15, 0.2) is 9.84 Å². The van der Waals surface area contributed by atoms with E-state index < -0.39 is 31.9 Å². The van der Waals surface area contributed by atoms with Gasteiger partial charge in [-0.2, -0.15) is 0 Å². The second-order valence-corrected chi connectivity index (χ2v) is 8.14. The molecule has 1 aliphatic rings. The van der Waals surface area contributed by atoms with Crippen LogP contribution >= 0.6 is 0 Å². The Labute approximate surface area is 154 Å². The van der Waals surface area contributed by atoms with E-state index in [0.717, 1.165) is 6.07 Å². The number of ketones is 1. The van der Waals surface area contributed by atoms with Crippen LogP contribution in [0.5, 0.6) is 0 Å². The van der Waals surface area contributed by atoms with Crippen LogP contribution in [-0.4, -0.2) is 42.6 Å². The van der Waals surface area contributed by atoms with Crippen LogP contribution in [0.4, 0.5) is 4.39 Å². The fourth-order valence-electron chi connectivity index (χ4n) is 3.22. The van der Waals surface area contributed by atoms with Gasteiger partial charge < -0.3 is 9.94 Å². The molecule has 0 spiro atoms. The summed E-state index contributed by atoms with van der Waals surface area (Å²) >= 11 is 0. The predicted octanol–water partition coefficient (Wildman–Crippen LogP) is 1.40. The normalized spacial score (nSPS) is 17.0. The topological polar surface area (TPSA) is 111 Å². The van der Waals surface area contributed by atoms with Crippen LogP contribution in [0.2, 0.25) is 0 Å². The molecule has 0 atom stereocenters. The number of hydrogen-bond donors (Lipinski definition) is 1. The van der Waals surface area contributed by atoms with Gasteiger partial charge in [-0.25, -0.2) is 12.8 Å². The van der Waals surface area contributed by atoms with Gasteiger partial charge in [0.05, 0.1) is 11.5 Å². The first kappa shape index (κ1) is 19.0. The first-order valence-corrected chi connectivity index (χ1v) is 9.87. The lowest BCUT2D eigenvalue weighted by Gasteiger charge is -2.22. The van der Waals surface area contributed by atoms with E-state index in [-0.39, 0.29) is 40.1 Å². The summed E-state index contributed by atoms with van der Waals surface area (Å²) in [4.78, 5) is 29.4. The lowest BCUT2D eigenvalue weighted by molar-refractivity contribution is 0.103. The van der Waals surface area contributed by atoms with Gasteiger partial charge in [0.25, 0.3) is 5.56 Å². The number of fused-ring (bicyclic) bond motifs is 1. The quantitative estimate of drug-likeness (QED) is 0.621. The second-order valence-electron chi connectivity index (χ2n) is 6.09. The number of oxime groups is 1. The van der Waals surface area contributed by atoms with Gasteiger partial charge in [0.1, 0.15) is 23.4 Å². The van der Waals surface area contributed by atoms with Gasteiger partial charge >= 0.3 is 0 Å². The zero-order valence-corrected chi connectivity index (χ0v) is 15.8. The molecule has 1 aromatic heterocycles. The molecule has 0 aliphatic carbocycles. The van der Waals surface area contributed by atoms with Gasteiger partial charge in [0, 0.05) is 30.3 Å². The van der Waals surface area contributed by atoms with E-state index in [2.05, 4.69) is 10.3 Å². The Bertz CT molecular complexity index is 1130. The van der Waals surface area contributed by atoms with Crippen molar-refractivity contribution in [2.75, 3.05) is 12.9 Å². The summed E-state index contributed by atoms with van der Waals surface area (Å²) in [6.07, 6.45) is 1.29. The first-order valence-electron chi connectivity index (χ1n) is 8.22. The average Bonchev–Trinajstić information content (AvgIpc) is 2.99. The van der Waals surface area contributed by atoms with E-state index in [0.29, 0.717) is 6.54 Å². The maximum Gasteiger partial charge on any atom is 0.277 e. The lowest BCUT2D eigenvalue weighted by atomic mass is 9.93. The summed E-state index contributed by atoms with van der Waals surface area (Å²) in [5.41, 5.74) is -0.265. The molecule has 8 nitrogen and oxygen atoms in total. The molecule has 0 unspecified atom stereocenters. The van der Waals surface area contributed by atoms with E-state index >= 15 is 0 Å². The number of carbonyl (C=O) groups excluding carboxylic acids is 1. The first-order chi connectivity index (χ1) is 12.7. The molecule has 27 heavy (non-hydrogen) atoms. The number of nitrogens with one attached hydrogen (secondary N) is 1. The summed E-state index contributed by atoms with van der Waals surface area (Å²) in [5, 5.41) is 6.47. The van der Waals surface area contributed by atoms with E-state index in [1.54, 1.807) is 6.92 Å². The van der Waals surface area contributed by atoms with Crippen molar-refractivity contribution in [1.82, 2.24) is 9.78 Å². The molecule has 0 saturated heterocycles. The van der Waals surface area contributed by atoms with Gasteiger partial charge in [-0.3, -0.25) is 14.3 Å². The van der Waals surface area contributed by atoms with E-state index in [1.165, 1.54) is 24.9 Å². The molecule has 1 aromatic carbocycles. The maximum atomic E-state index is 14.8. The number of aromatic amines is 1. The number of aromatic nitrogens is 2. The molecule has 1 aliphatic heterocycles. The molecule has 1 N–H and O–H groups in total. The van der Waals surface area contributed by atoms with Crippen molar-refractivity contribution in [3.8, 4) is 0 Å². The number of rotatable bonds is 4. The van der Waals surface area contributed by atoms with Crippen LogP contribution in [0.3, 0.4) is 0 Å². The Morgan fingerprint density at radius 3 is 2.70 bits per heavy atom. The highest BCUT2D eigenvalue weighted by atomic mass is 32.2. The zero-order chi connectivity index (χ0) is 19.9. The Kier molecular flexibility index (Phi) is 4.77. The molecular weight excluding hydrogens is 377 g/mol. The minimum absolute atomic E-state index is 0.0257. The molecule has 0 fully saturated rings. The van der Waals surface area contributed by atoms with Gasteiger partial charge in [-0.05, 0) is 25.5 Å². The largest absolute Gasteiger partial charge is 0.399 e. The van der Waals surface area contributed by atoms with E-state index in [9.17, 15) is 22.4 Å². The van der Waals surface area contributed by atoms with Crippen molar-refractivity contribution in [2.24, 2.45) is 5.16 Å². The molecule has 2 aromatic rings. The fourth-order valence-corrected chi connectivity index (χ4v) is 4.83. The van der Waals surface area contributed by atoms with Crippen LogP contribution in [0.15, 0.2) is 27.1 Å². The van der Waals surface area contributed by atoms with Crippen LogP contribution in [-0.2, 0) is 21.2 Å². The monoisotopic (exact) mass is 395 g/mol. The fraction of sp³-hybridized carbons (Fsp3) is 0.353. The number of halogens is 1. The Morgan fingerprint density at radius 1 is 1.41 bits per heavy atom. The van der Waals surface area contributed by atoms with Crippen LogP contribution in [0, 0.1) is 12.7 Å². The third-order valence-corrected chi connectivity index (χ3v) is 6.31. The molecule has 0 radical (unpaired) electrons. The minimum atomic E-state index is -3.86. The lowest BCUT2D eigenvalue weighted by Crippen LogP contribution is -2.27. The number of benzene rings is 1. The van der Waals surface area contributed by atoms with Crippen molar-refractivity contribution in [3.63, 3.8) is 0 Å². The van der Waals surface area contributed by atoms with Crippen molar-refractivity contribution >= 4 is 21.3 Å². The molecule has 0 amide bonds. The number of nitrogens with zero attached hydrogens (tertiary/aromatic N) is 2. The molecule has 10 heteroatoms. The van der Waals surface area contributed by atoms with Crippen molar-refractivity contribution in [3.05, 3.63) is 50.7 Å². The molecule has 0 bridgehead atoms. The third-order valence-electron chi connectivity index (χ3n) is 4.55. The van der Waals surface area contributed by atoms with Crippen molar-refractivity contribution in [1.29, 1.82) is 0 Å². The average molecular weight is 395 g/mol. The molecule has 2 heterocycles. The smallest absolute Gasteiger partial charge is 0.277 e. The Balaban J connectivity index is 2.28. The van der Waals surface area contributed by atoms with Gasteiger partial charge in [-0.1, -0.05) is 5.16 Å². The minimum Gasteiger partial charge on any atom is -0.399 e. The SMILES string of the molecule is CCn1[nH]cc(C(=O)c2cc(F)c3c(c2C)/C(=N/OC)CCS3(=O)=O)c1=O. The second kappa shape index (κ2) is 6.76. The molecule has 144 valence electrons. The van der Waals surface area contributed by atoms with Crippen molar-refractivity contribution in [2.45, 2.75) is 31.7 Å². The summed E-state index contributed by atoms with van der Waals surface area (Å²) in [6.45, 7) is 3.57. The predicted molar refractivity (Wildman–Crippen MR) is 95.5 cm³/mol. The van der Waals surface area contributed by atoms with Gasteiger partial charge in [-0.15, -0.1) is 0 Å². The van der Waals surface area contributed by atoms with E-state index in [1.807, 2.05) is 0 Å². The number of aryl methyl sites for hydroxylation is 1. The summed E-state index contributed by atoms with van der Waals surface area (Å²) in [5.74, 6) is -2.04. The Hall–Kier alpha value is -2.75. The zero-order valence-electron chi connectivity index (χ0n) is 15.0. The van der Waals surface area contributed by atoms with E-state index in [4.69, 9.17) is 4.84 Å². The maximum absolute atomic E-state index is 14.8. The highest BCUT2D eigenvalue weighted by Gasteiger charge is 2.35. The summed E-state index contributed by atoms with van der Waals surface area (Å²) < 4.78 is 40.7. The third kappa shape index (κ3) is 2.99. The van der Waals surface area contributed by atoms with Gasteiger partial charge in [0.2, 0.25) is 5.78 Å². The highest BCUT2D eigenvalue weighted by Crippen LogP contribution is 2.33. The molecular formula is C17H18FN3O5S. The van der Waals surface area contributed by atoms with Crippen LogP contribution < -0.4 is 5.56 Å². The summed E-state index contributed by atoms with van der Waals surface area (Å²) in [7, 11) is -2.56. The van der Waals surface area contributed by atoms with Crippen LogP contribution in [0.25, 0.3) is 0 Å². The van der Waals surface area contributed by atoms with Crippen LogP contribution in [0.1, 0.15) is 40.4 Å². The number of H-pyrrole nitrogens is 1. The molecule has 0 saturated carbocycles. The summed E-state index contributed by atoms with van der Waals surface area (Å²) in [6, 6.07) is 0.868. The number of carbonyl (C=O) groups is 1.